The fourth-order valence-corrected chi connectivity index (χ4v) is 7.91. The number of carbonyl (C=O) groups excluding carboxylic acids is 4. The number of amides is 2. The number of nitrogens with zero attached hydrogens (tertiary/aromatic N) is 2. The number of Topliss-reactive ketones (excluding diaryl/α,β-unsaturated/α-hetero) is 1. The fraction of sp³-hybridized carbons (Fsp3) is 0.258. The van der Waals surface area contributed by atoms with E-state index in [1.165, 1.54) is 46.9 Å². The van der Waals surface area contributed by atoms with E-state index in [1.807, 2.05) is 29.6 Å². The molecule has 2 amide bonds. The van der Waals surface area contributed by atoms with Crippen LogP contribution in [-0.4, -0.2) is 65.6 Å². The van der Waals surface area contributed by atoms with Gasteiger partial charge in [0.1, 0.15) is 36.6 Å². The van der Waals surface area contributed by atoms with Crippen molar-refractivity contribution in [1.29, 1.82) is 0 Å². The first-order valence-electron chi connectivity index (χ1n) is 13.6. The summed E-state index contributed by atoms with van der Waals surface area (Å²) in [5, 5.41) is 7.51. The van der Waals surface area contributed by atoms with Crippen molar-refractivity contribution in [2.75, 3.05) is 20.0 Å². The second-order valence-electron chi connectivity index (χ2n) is 9.74. The summed E-state index contributed by atoms with van der Waals surface area (Å²) in [4.78, 5) is 61.5. The Bertz CT molecular complexity index is 1630. The predicted octanol–water partition coefficient (Wildman–Crippen LogP) is 4.76. The molecular formula is C31H28ClN3O7S3. The van der Waals surface area contributed by atoms with E-state index in [9.17, 15) is 19.2 Å². The van der Waals surface area contributed by atoms with Gasteiger partial charge in [-0.15, -0.1) is 34.7 Å². The molecule has 1 N–H and O–H groups in total. The first-order valence-corrected chi connectivity index (χ1v) is 16.9. The molecule has 0 bridgehead atoms. The average molecular weight is 686 g/mol. The third-order valence-electron chi connectivity index (χ3n) is 6.84. The number of methoxy groups -OCH3 is 1. The molecular weight excluding hydrogens is 658 g/mol. The Morgan fingerprint density at radius 1 is 1.07 bits per heavy atom. The molecule has 1 aromatic heterocycles. The van der Waals surface area contributed by atoms with E-state index in [1.54, 1.807) is 43.5 Å². The molecule has 234 valence electrons. The number of nitrogens with one attached hydrogen (secondary N) is 1. The monoisotopic (exact) mass is 685 g/mol. The number of β-lactam (4-membered cyclic amide) rings is 1. The summed E-state index contributed by atoms with van der Waals surface area (Å²) in [6.07, 6.45) is -0.0322. The predicted molar refractivity (Wildman–Crippen MR) is 174 cm³/mol. The normalized spacial score (nSPS) is 17.7. The zero-order valence-corrected chi connectivity index (χ0v) is 27.4. The van der Waals surface area contributed by atoms with Crippen LogP contribution in [0.4, 0.5) is 0 Å². The van der Waals surface area contributed by atoms with E-state index in [0.29, 0.717) is 22.3 Å². The minimum atomic E-state index is -0.988. The van der Waals surface area contributed by atoms with Crippen LogP contribution in [0.3, 0.4) is 0 Å². The molecule has 5 rings (SSSR count). The third-order valence-corrected chi connectivity index (χ3v) is 10.6. The van der Waals surface area contributed by atoms with Crippen molar-refractivity contribution >= 4 is 75.7 Å². The highest BCUT2D eigenvalue weighted by molar-refractivity contribution is 8.06. The SMILES string of the molecule is CON=C(C(=O)Cc1cccs1)C(=O)N[C@@H]1C(=O)N2C(C(=O)OCc3ccc(OC)cc3)=C(Sc3ccc(CCl)cc3)CS[C@@H]12. The van der Waals surface area contributed by atoms with Gasteiger partial charge < -0.3 is 19.6 Å². The van der Waals surface area contributed by atoms with Gasteiger partial charge in [-0.25, -0.2) is 4.79 Å². The summed E-state index contributed by atoms with van der Waals surface area (Å²) >= 11 is 10.1. The van der Waals surface area contributed by atoms with E-state index in [2.05, 4.69) is 10.5 Å². The molecule has 10 nitrogen and oxygen atoms in total. The number of hydrogen-bond acceptors (Lipinski definition) is 11. The fourth-order valence-electron chi connectivity index (χ4n) is 4.56. The van der Waals surface area contributed by atoms with Crippen LogP contribution in [0.2, 0.25) is 0 Å². The molecule has 0 aliphatic carbocycles. The molecule has 0 radical (unpaired) electrons. The Hall–Kier alpha value is -3.78. The van der Waals surface area contributed by atoms with Crippen molar-refractivity contribution in [2.45, 2.75) is 35.2 Å². The number of halogens is 1. The molecule has 1 saturated heterocycles. The first kappa shape index (κ1) is 32.6. The largest absolute Gasteiger partial charge is 0.497 e. The number of rotatable bonds is 13. The van der Waals surface area contributed by atoms with Gasteiger partial charge in [-0.2, -0.15) is 0 Å². The Labute approximate surface area is 277 Å². The number of ether oxygens (including phenoxy) is 2. The van der Waals surface area contributed by atoms with Crippen molar-refractivity contribution in [1.82, 2.24) is 10.2 Å². The number of benzene rings is 2. The van der Waals surface area contributed by atoms with Gasteiger partial charge in [0.2, 0.25) is 5.71 Å². The van der Waals surface area contributed by atoms with Crippen LogP contribution in [0.1, 0.15) is 16.0 Å². The number of esters is 1. The van der Waals surface area contributed by atoms with Crippen molar-refractivity contribution in [2.24, 2.45) is 5.16 Å². The van der Waals surface area contributed by atoms with Crippen molar-refractivity contribution in [3.63, 3.8) is 0 Å². The summed E-state index contributed by atoms with van der Waals surface area (Å²) in [6, 6.07) is 17.3. The van der Waals surface area contributed by atoms with Crippen molar-refractivity contribution in [3.8, 4) is 5.75 Å². The maximum Gasteiger partial charge on any atom is 0.356 e. The molecule has 45 heavy (non-hydrogen) atoms. The Balaban J connectivity index is 1.34. The smallest absolute Gasteiger partial charge is 0.356 e. The Morgan fingerprint density at radius 3 is 2.44 bits per heavy atom. The molecule has 0 unspecified atom stereocenters. The maximum absolute atomic E-state index is 13.6. The number of hydrogen-bond donors (Lipinski definition) is 1. The quantitative estimate of drug-likeness (QED) is 0.0678. The highest BCUT2D eigenvalue weighted by Crippen LogP contribution is 2.45. The first-order chi connectivity index (χ1) is 21.8. The highest BCUT2D eigenvalue weighted by atomic mass is 35.5. The number of thiophene rings is 1. The standard InChI is InChI=1S/C31H28ClN3O7S3/c1-40-20-9-5-19(6-10-20)16-42-31(39)27-24(45-21-11-7-18(15-32)8-12-21)17-44-30-26(29(38)35(27)30)33-28(37)25(34-41-2)23(36)14-22-4-3-13-43-22/h3-13,26,30H,14-17H2,1-2H3,(H,33,37)/t26-,30+/m1/s1. The average Bonchev–Trinajstić information content (AvgIpc) is 3.58. The van der Waals surface area contributed by atoms with Crippen LogP contribution in [0.15, 0.2) is 86.7 Å². The number of ketones is 1. The zero-order chi connectivity index (χ0) is 31.9. The van der Waals surface area contributed by atoms with Crippen LogP contribution in [0.25, 0.3) is 0 Å². The molecule has 0 spiro atoms. The molecule has 2 aliphatic rings. The second kappa shape index (κ2) is 15.0. The molecule has 2 atom stereocenters. The number of fused-ring (bicyclic) bond motifs is 1. The van der Waals surface area contributed by atoms with Crippen molar-refractivity contribution < 1.29 is 33.5 Å². The van der Waals surface area contributed by atoms with Crippen LogP contribution in [0.5, 0.6) is 5.75 Å². The summed E-state index contributed by atoms with van der Waals surface area (Å²) < 4.78 is 10.9. The van der Waals surface area contributed by atoms with E-state index in [4.69, 9.17) is 25.9 Å². The highest BCUT2D eigenvalue weighted by Gasteiger charge is 2.55. The summed E-state index contributed by atoms with van der Waals surface area (Å²) in [5.41, 5.74) is 1.38. The van der Waals surface area contributed by atoms with E-state index in [-0.39, 0.29) is 18.7 Å². The van der Waals surface area contributed by atoms with Crippen molar-refractivity contribution in [3.05, 3.63) is 92.6 Å². The van der Waals surface area contributed by atoms with Gasteiger partial charge in [-0.3, -0.25) is 19.3 Å². The number of carbonyl (C=O) groups is 4. The van der Waals surface area contributed by atoms with Crippen LogP contribution >= 0.6 is 46.5 Å². The van der Waals surface area contributed by atoms with Gasteiger partial charge in [0, 0.05) is 32.7 Å². The molecule has 14 heteroatoms. The lowest BCUT2D eigenvalue weighted by Gasteiger charge is -2.49. The zero-order valence-electron chi connectivity index (χ0n) is 24.2. The molecule has 0 saturated carbocycles. The van der Waals surface area contributed by atoms with Crippen LogP contribution < -0.4 is 10.1 Å². The molecule has 2 aliphatic heterocycles. The van der Waals surface area contributed by atoms with E-state index < -0.39 is 40.7 Å². The number of thioether (sulfide) groups is 2. The Morgan fingerprint density at radius 2 is 1.80 bits per heavy atom. The minimum absolute atomic E-state index is 0.0160. The third kappa shape index (κ3) is 7.55. The topological polar surface area (TPSA) is 124 Å². The lowest BCUT2D eigenvalue weighted by Crippen LogP contribution is -2.71. The number of oxime groups is 1. The maximum atomic E-state index is 13.6. The van der Waals surface area contributed by atoms with E-state index in [0.717, 1.165) is 20.9 Å². The van der Waals surface area contributed by atoms with Crippen LogP contribution in [0, 0.1) is 0 Å². The lowest BCUT2D eigenvalue weighted by atomic mass is 10.0. The minimum Gasteiger partial charge on any atom is -0.497 e. The molecule has 2 aromatic carbocycles. The van der Waals surface area contributed by atoms with Gasteiger partial charge in [0.05, 0.1) is 7.11 Å². The lowest BCUT2D eigenvalue weighted by molar-refractivity contribution is -0.153. The summed E-state index contributed by atoms with van der Waals surface area (Å²) in [6.45, 7) is -0.0160. The summed E-state index contributed by atoms with van der Waals surface area (Å²) in [7, 11) is 2.80. The van der Waals surface area contributed by atoms with Gasteiger partial charge in [-0.1, -0.05) is 47.2 Å². The molecule has 3 aromatic rings. The molecule has 3 heterocycles. The molecule has 1 fully saturated rings. The summed E-state index contributed by atoms with van der Waals surface area (Å²) in [5.74, 6) is -1.12. The second-order valence-corrected chi connectivity index (χ2v) is 13.3. The van der Waals surface area contributed by atoms with Gasteiger partial charge >= 0.3 is 5.97 Å². The van der Waals surface area contributed by atoms with Gasteiger partial charge in [-0.05, 0) is 46.8 Å². The van der Waals surface area contributed by atoms with Gasteiger partial charge in [0.15, 0.2) is 5.78 Å². The van der Waals surface area contributed by atoms with Crippen LogP contribution in [-0.2, 0) is 47.7 Å². The Kier molecular flexibility index (Phi) is 10.9. The van der Waals surface area contributed by atoms with E-state index >= 15 is 0 Å². The van der Waals surface area contributed by atoms with Gasteiger partial charge in [0.25, 0.3) is 11.8 Å². The number of alkyl halides is 1.